The molecule has 3 heterocycles. The van der Waals surface area contributed by atoms with Gasteiger partial charge in [-0.3, -0.25) is 9.69 Å². The number of nitrogens with zero attached hydrogens (tertiary/aromatic N) is 3. The summed E-state index contributed by atoms with van der Waals surface area (Å²) in [6.45, 7) is 7.45. The summed E-state index contributed by atoms with van der Waals surface area (Å²) >= 11 is 0. The van der Waals surface area contributed by atoms with Crippen LogP contribution in [-0.4, -0.2) is 40.4 Å². The summed E-state index contributed by atoms with van der Waals surface area (Å²) in [5.41, 5.74) is 4.02. The van der Waals surface area contributed by atoms with Gasteiger partial charge in [0.1, 0.15) is 5.76 Å². The second-order valence-corrected chi connectivity index (χ2v) is 7.63. The van der Waals surface area contributed by atoms with Gasteiger partial charge in [-0.25, -0.2) is 9.97 Å². The molecule has 3 aromatic rings. The molecular weight excluding hydrogens is 352 g/mol. The van der Waals surface area contributed by atoms with E-state index in [1.54, 1.807) is 6.26 Å². The van der Waals surface area contributed by atoms with E-state index in [9.17, 15) is 4.79 Å². The van der Waals surface area contributed by atoms with Crippen LogP contribution in [0.25, 0.3) is 11.0 Å². The number of fused-ring (bicyclic) bond motifs is 1. The molecule has 1 N–H and O–H groups in total. The van der Waals surface area contributed by atoms with Crippen LogP contribution in [0.15, 0.2) is 41.0 Å². The van der Waals surface area contributed by atoms with Crippen molar-refractivity contribution in [3.05, 3.63) is 59.3 Å². The Hall–Kier alpha value is -2.73. The highest BCUT2D eigenvalue weighted by atomic mass is 16.3. The zero-order valence-corrected chi connectivity index (χ0v) is 16.4. The predicted octanol–water partition coefficient (Wildman–Crippen LogP) is 3.48. The molecule has 1 amide bonds. The van der Waals surface area contributed by atoms with Crippen LogP contribution in [0, 0.1) is 19.8 Å². The fourth-order valence-electron chi connectivity index (χ4n) is 3.80. The molecule has 1 atom stereocenters. The van der Waals surface area contributed by atoms with E-state index >= 15 is 0 Å². The first-order valence-electron chi connectivity index (χ1n) is 9.86. The molecule has 6 heteroatoms. The number of nitrogens with one attached hydrogen (secondary N) is 1. The lowest BCUT2D eigenvalue weighted by Gasteiger charge is -2.32. The molecule has 2 aromatic heterocycles. The number of aryl methyl sites for hydroxylation is 2. The maximum Gasteiger partial charge on any atom is 0.251 e. The van der Waals surface area contributed by atoms with Crippen LogP contribution in [0.3, 0.4) is 0 Å². The third-order valence-corrected chi connectivity index (χ3v) is 5.45. The van der Waals surface area contributed by atoms with Crippen molar-refractivity contribution in [2.45, 2.75) is 33.2 Å². The zero-order chi connectivity index (χ0) is 19.5. The molecule has 1 aliphatic rings. The van der Waals surface area contributed by atoms with Crippen LogP contribution in [0.1, 0.15) is 40.3 Å². The van der Waals surface area contributed by atoms with Crippen molar-refractivity contribution >= 4 is 16.9 Å². The highest BCUT2D eigenvalue weighted by Crippen LogP contribution is 2.19. The number of furan rings is 1. The van der Waals surface area contributed by atoms with Gasteiger partial charge < -0.3 is 9.73 Å². The van der Waals surface area contributed by atoms with E-state index < -0.39 is 0 Å². The molecule has 1 fully saturated rings. The summed E-state index contributed by atoms with van der Waals surface area (Å²) in [7, 11) is 0. The Morgan fingerprint density at radius 3 is 2.82 bits per heavy atom. The minimum absolute atomic E-state index is 0.0508. The maximum atomic E-state index is 12.6. The molecule has 0 spiro atoms. The Bertz CT molecular complexity index is 968. The van der Waals surface area contributed by atoms with Gasteiger partial charge in [0.05, 0.1) is 35.2 Å². The largest absolute Gasteiger partial charge is 0.468 e. The molecule has 0 saturated carbocycles. The first-order valence-corrected chi connectivity index (χ1v) is 9.86. The summed E-state index contributed by atoms with van der Waals surface area (Å²) in [6.07, 6.45) is 4.00. The van der Waals surface area contributed by atoms with Crippen LogP contribution in [-0.2, 0) is 6.54 Å². The van der Waals surface area contributed by atoms with Gasteiger partial charge in [0, 0.05) is 18.7 Å². The number of piperidine rings is 1. The number of benzene rings is 1. The topological polar surface area (TPSA) is 71.3 Å². The molecule has 4 rings (SSSR count). The number of hydrogen-bond donors (Lipinski definition) is 1. The van der Waals surface area contributed by atoms with Gasteiger partial charge in [0.15, 0.2) is 0 Å². The van der Waals surface area contributed by atoms with Gasteiger partial charge in [-0.05, 0) is 69.5 Å². The Morgan fingerprint density at radius 2 is 2.04 bits per heavy atom. The van der Waals surface area contributed by atoms with Crippen molar-refractivity contribution in [1.82, 2.24) is 20.2 Å². The Kier molecular flexibility index (Phi) is 5.39. The number of rotatable bonds is 5. The molecule has 6 nitrogen and oxygen atoms in total. The van der Waals surface area contributed by atoms with Crippen molar-refractivity contribution in [2.24, 2.45) is 5.92 Å². The monoisotopic (exact) mass is 378 g/mol. The van der Waals surface area contributed by atoms with E-state index in [0.29, 0.717) is 18.0 Å². The van der Waals surface area contributed by atoms with Crippen molar-refractivity contribution in [2.75, 3.05) is 19.6 Å². The molecule has 1 aliphatic heterocycles. The average molecular weight is 378 g/mol. The van der Waals surface area contributed by atoms with Crippen molar-refractivity contribution < 1.29 is 9.21 Å². The second-order valence-electron chi connectivity index (χ2n) is 7.63. The van der Waals surface area contributed by atoms with Gasteiger partial charge in [-0.2, -0.15) is 0 Å². The lowest BCUT2D eigenvalue weighted by atomic mass is 9.97. The smallest absolute Gasteiger partial charge is 0.251 e. The molecular formula is C22H26N4O2. The number of aromatic nitrogens is 2. The third-order valence-electron chi connectivity index (χ3n) is 5.45. The highest BCUT2D eigenvalue weighted by molar-refractivity contribution is 5.97. The Balaban J connectivity index is 1.36. The molecule has 146 valence electrons. The SMILES string of the molecule is Cc1nc2ccc(C(=O)NC[C@@H]3CCCN(Cc4ccco4)C3)cc2nc1C. The lowest BCUT2D eigenvalue weighted by Crippen LogP contribution is -2.40. The van der Waals surface area contributed by atoms with Crippen molar-refractivity contribution in [3.8, 4) is 0 Å². The maximum absolute atomic E-state index is 12.6. The van der Waals surface area contributed by atoms with Gasteiger partial charge in [-0.15, -0.1) is 0 Å². The Morgan fingerprint density at radius 1 is 1.21 bits per heavy atom. The fraction of sp³-hybridized carbons (Fsp3) is 0.409. The minimum atomic E-state index is -0.0508. The number of amides is 1. The fourth-order valence-corrected chi connectivity index (χ4v) is 3.80. The van der Waals surface area contributed by atoms with Crippen LogP contribution in [0.4, 0.5) is 0 Å². The zero-order valence-electron chi connectivity index (χ0n) is 16.4. The first kappa shape index (κ1) is 18.6. The standard InChI is InChI=1S/C22H26N4O2/c1-15-16(2)25-21-11-18(7-8-20(21)24-15)22(27)23-12-17-5-3-9-26(13-17)14-19-6-4-10-28-19/h4,6-8,10-11,17H,3,5,9,12-14H2,1-2H3,(H,23,27)/t17-/m0/s1. The summed E-state index contributed by atoms with van der Waals surface area (Å²) in [6, 6.07) is 9.46. The van der Waals surface area contributed by atoms with E-state index in [2.05, 4.69) is 20.2 Å². The normalized spacial score (nSPS) is 17.7. The molecule has 0 radical (unpaired) electrons. The van der Waals surface area contributed by atoms with E-state index in [1.807, 2.05) is 44.2 Å². The summed E-state index contributed by atoms with van der Waals surface area (Å²) in [4.78, 5) is 24.1. The van der Waals surface area contributed by atoms with Crippen molar-refractivity contribution in [1.29, 1.82) is 0 Å². The highest BCUT2D eigenvalue weighted by Gasteiger charge is 2.21. The molecule has 0 bridgehead atoms. The third kappa shape index (κ3) is 4.22. The number of carbonyl (C=O) groups excluding carboxylic acids is 1. The van der Waals surface area contributed by atoms with Crippen LogP contribution in [0.5, 0.6) is 0 Å². The van der Waals surface area contributed by atoms with Crippen LogP contribution >= 0.6 is 0 Å². The Labute approximate surface area is 165 Å². The van der Waals surface area contributed by atoms with Crippen molar-refractivity contribution in [3.63, 3.8) is 0 Å². The minimum Gasteiger partial charge on any atom is -0.468 e. The second kappa shape index (κ2) is 8.10. The van der Waals surface area contributed by atoms with Crippen LogP contribution in [0.2, 0.25) is 0 Å². The van der Waals surface area contributed by atoms with Gasteiger partial charge >= 0.3 is 0 Å². The first-order chi connectivity index (χ1) is 13.6. The van der Waals surface area contributed by atoms with Gasteiger partial charge in [0.2, 0.25) is 0 Å². The molecule has 0 unspecified atom stereocenters. The summed E-state index contributed by atoms with van der Waals surface area (Å²) in [5, 5.41) is 3.10. The quantitative estimate of drug-likeness (QED) is 0.736. The molecule has 0 aliphatic carbocycles. The molecule has 1 aromatic carbocycles. The number of hydrogen-bond acceptors (Lipinski definition) is 5. The van der Waals surface area contributed by atoms with E-state index in [1.165, 1.54) is 0 Å². The van der Waals surface area contributed by atoms with Crippen LogP contribution < -0.4 is 5.32 Å². The lowest BCUT2D eigenvalue weighted by molar-refractivity contribution is 0.0928. The number of carbonyl (C=O) groups is 1. The van der Waals surface area contributed by atoms with E-state index in [-0.39, 0.29) is 5.91 Å². The van der Waals surface area contributed by atoms with E-state index in [4.69, 9.17) is 4.42 Å². The van der Waals surface area contributed by atoms with Gasteiger partial charge in [-0.1, -0.05) is 0 Å². The average Bonchev–Trinajstić information content (AvgIpc) is 3.20. The molecule has 28 heavy (non-hydrogen) atoms. The predicted molar refractivity (Wildman–Crippen MR) is 108 cm³/mol. The van der Waals surface area contributed by atoms with Gasteiger partial charge in [0.25, 0.3) is 5.91 Å². The number of likely N-dealkylation sites (tertiary alicyclic amines) is 1. The van der Waals surface area contributed by atoms with E-state index in [0.717, 1.165) is 60.7 Å². The molecule has 1 saturated heterocycles. The summed E-state index contributed by atoms with van der Waals surface area (Å²) in [5.74, 6) is 1.40. The summed E-state index contributed by atoms with van der Waals surface area (Å²) < 4.78 is 5.46.